The third-order valence-corrected chi connectivity index (χ3v) is 5.41. The number of rotatable bonds is 4. The van der Waals surface area contributed by atoms with Gasteiger partial charge in [-0.1, -0.05) is 27.7 Å². The van der Waals surface area contributed by atoms with Crippen LogP contribution in [0.5, 0.6) is 0 Å². The van der Waals surface area contributed by atoms with Gasteiger partial charge in [-0.05, 0) is 39.5 Å². The monoisotopic (exact) mass is 522 g/mol. The molecule has 0 fully saturated rings. The number of cyclic esters (lactones) is 1. The van der Waals surface area contributed by atoms with Crippen molar-refractivity contribution in [1.82, 2.24) is 4.98 Å². The highest BCUT2D eigenvalue weighted by molar-refractivity contribution is 5.91. The zero-order valence-corrected chi connectivity index (χ0v) is 24.1. The molecule has 1 aromatic heterocycles. The highest BCUT2D eigenvalue weighted by Gasteiger charge is 2.31. The highest BCUT2D eigenvalue weighted by Crippen LogP contribution is 2.25. The van der Waals surface area contributed by atoms with Crippen LogP contribution < -0.4 is 11.2 Å². The zero-order chi connectivity index (χ0) is 29.2. The molecule has 0 aromatic carbocycles. The summed E-state index contributed by atoms with van der Waals surface area (Å²) in [5, 5.41) is 0. The number of aromatic amines is 1. The summed E-state index contributed by atoms with van der Waals surface area (Å²) in [5.74, 6) is -1.16. The summed E-state index contributed by atoms with van der Waals surface area (Å²) < 4.78 is 19.2. The number of allylic oxidation sites excluding steroid dienone is 2. The lowest BCUT2D eigenvalue weighted by atomic mass is 10.0. The number of carbonyl (C=O) groups excluding carboxylic acids is 3. The van der Waals surface area contributed by atoms with E-state index in [1.165, 1.54) is 20.3 Å². The van der Waals surface area contributed by atoms with Crippen molar-refractivity contribution in [2.24, 2.45) is 11.7 Å². The molecule has 0 spiro atoms. The van der Waals surface area contributed by atoms with Crippen molar-refractivity contribution in [2.45, 2.75) is 80.9 Å². The van der Waals surface area contributed by atoms with Gasteiger partial charge < -0.3 is 29.7 Å². The summed E-state index contributed by atoms with van der Waals surface area (Å²) >= 11 is 0. The Morgan fingerprint density at radius 3 is 1.92 bits per heavy atom. The van der Waals surface area contributed by atoms with Crippen LogP contribution in [0.15, 0.2) is 27.9 Å². The second-order valence-corrected chi connectivity index (χ2v) is 9.53. The number of methoxy groups -OCH3 is 2. The van der Waals surface area contributed by atoms with Gasteiger partial charge in [-0.2, -0.15) is 0 Å². The van der Waals surface area contributed by atoms with Gasteiger partial charge in [0.1, 0.15) is 11.3 Å². The van der Waals surface area contributed by atoms with E-state index in [4.69, 9.17) is 15.2 Å². The van der Waals surface area contributed by atoms with Gasteiger partial charge in [0.05, 0.1) is 19.8 Å². The number of nitrogens with one attached hydrogen (secondary N) is 1. The number of carbonyl (C=O) groups is 3. The molecule has 2 heterocycles. The van der Waals surface area contributed by atoms with Gasteiger partial charge >= 0.3 is 17.9 Å². The molecule has 0 aliphatic carbocycles. The summed E-state index contributed by atoms with van der Waals surface area (Å²) in [7, 11) is 2.60. The normalized spacial score (nSPS) is 14.5. The van der Waals surface area contributed by atoms with Crippen molar-refractivity contribution >= 4 is 17.9 Å². The molecular weight excluding hydrogens is 480 g/mol. The highest BCUT2D eigenvalue weighted by atomic mass is 16.7. The number of hydrogen-bond donors (Lipinski definition) is 2. The first-order valence-electron chi connectivity index (χ1n) is 11.9. The van der Waals surface area contributed by atoms with E-state index < -0.39 is 17.7 Å². The Bertz CT molecular complexity index is 1110. The summed E-state index contributed by atoms with van der Waals surface area (Å²) in [4.78, 5) is 48.3. The summed E-state index contributed by atoms with van der Waals surface area (Å²) in [6.07, 6.45) is 1.30. The number of hydrogen-bond acceptors (Lipinski definition) is 9. The SMILES string of the molecule is CC1=C(C)C(=O)OC(C)(C)O1.COC(=O)/C=C(\N)C(C)C.COC(=O)c1c(C(C)C)[nH]c(C)c(C)c1=O. The third-order valence-electron chi connectivity index (χ3n) is 5.41. The topological polar surface area (TPSA) is 147 Å². The molecule has 0 saturated heterocycles. The Labute approximate surface area is 219 Å². The van der Waals surface area contributed by atoms with Crippen LogP contribution in [0.4, 0.5) is 0 Å². The summed E-state index contributed by atoms with van der Waals surface area (Å²) in [6.45, 7) is 18.1. The van der Waals surface area contributed by atoms with Crippen molar-refractivity contribution in [3.8, 4) is 0 Å². The van der Waals surface area contributed by atoms with Crippen molar-refractivity contribution in [2.75, 3.05) is 14.2 Å². The standard InChI is InChI=1S/C12H17NO3.C8H12O3.C7H13NO2/c1-6(2)10-9(12(15)16-5)11(14)7(3)8(4)13-10;1-5-6(2)10-8(3,4)11-7(5)9;1-5(2)6(8)4-7(9)10-3/h6H,1-5H3,(H,13,14);1-4H3;4-5H,8H2,1-3H3/b;;6-4-. The molecule has 1 aliphatic heterocycles. The van der Waals surface area contributed by atoms with Crippen molar-refractivity contribution < 1.29 is 33.3 Å². The zero-order valence-electron chi connectivity index (χ0n) is 24.1. The molecule has 10 heteroatoms. The molecular formula is C27H42N2O8. The van der Waals surface area contributed by atoms with Gasteiger partial charge in [0.15, 0.2) is 5.43 Å². The van der Waals surface area contributed by atoms with Crippen LogP contribution in [-0.4, -0.2) is 42.9 Å². The van der Waals surface area contributed by atoms with Gasteiger partial charge in [-0.3, -0.25) is 4.79 Å². The van der Waals surface area contributed by atoms with E-state index in [9.17, 15) is 19.2 Å². The maximum absolute atomic E-state index is 12.0. The summed E-state index contributed by atoms with van der Waals surface area (Å²) in [5.41, 5.74) is 8.42. The largest absolute Gasteiger partial charge is 0.466 e. The molecule has 37 heavy (non-hydrogen) atoms. The fourth-order valence-electron chi connectivity index (χ4n) is 2.85. The predicted octanol–water partition coefficient (Wildman–Crippen LogP) is 4.15. The minimum absolute atomic E-state index is 0.0705. The first kappa shape index (κ1) is 33.4. The van der Waals surface area contributed by atoms with E-state index in [2.05, 4.69) is 14.5 Å². The first-order valence-corrected chi connectivity index (χ1v) is 11.9. The number of aryl methyl sites for hydroxylation is 1. The van der Waals surface area contributed by atoms with E-state index in [0.29, 0.717) is 28.3 Å². The molecule has 0 amide bonds. The molecule has 2 rings (SSSR count). The predicted molar refractivity (Wildman–Crippen MR) is 141 cm³/mol. The maximum atomic E-state index is 12.0. The van der Waals surface area contributed by atoms with Gasteiger partial charge in [-0.15, -0.1) is 0 Å². The molecule has 1 aromatic rings. The lowest BCUT2D eigenvalue weighted by Gasteiger charge is -2.31. The Hall–Kier alpha value is -3.56. The van der Waals surface area contributed by atoms with E-state index >= 15 is 0 Å². The summed E-state index contributed by atoms with van der Waals surface area (Å²) in [6, 6.07) is 0. The molecule has 0 unspecified atom stereocenters. The van der Waals surface area contributed by atoms with Crippen LogP contribution in [0.1, 0.15) is 88.6 Å². The molecule has 0 saturated carbocycles. The molecule has 0 bridgehead atoms. The molecule has 10 nitrogen and oxygen atoms in total. The van der Waals surface area contributed by atoms with Gasteiger partial charge in [0.25, 0.3) is 0 Å². The number of nitrogens with two attached hydrogens (primary N) is 1. The number of pyridine rings is 1. The average molecular weight is 523 g/mol. The van der Waals surface area contributed by atoms with E-state index in [1.807, 2.05) is 34.6 Å². The van der Waals surface area contributed by atoms with E-state index in [0.717, 1.165) is 5.69 Å². The number of aromatic nitrogens is 1. The minimum Gasteiger partial charge on any atom is -0.466 e. The maximum Gasteiger partial charge on any atom is 0.343 e. The lowest BCUT2D eigenvalue weighted by Crippen LogP contribution is -2.35. The smallest absolute Gasteiger partial charge is 0.343 e. The number of H-pyrrole nitrogens is 1. The lowest BCUT2D eigenvalue weighted by molar-refractivity contribution is -0.207. The van der Waals surface area contributed by atoms with Crippen molar-refractivity contribution in [1.29, 1.82) is 0 Å². The van der Waals surface area contributed by atoms with Crippen molar-refractivity contribution in [3.63, 3.8) is 0 Å². The van der Waals surface area contributed by atoms with Crippen LogP contribution in [-0.2, 0) is 28.5 Å². The number of ether oxygens (including phenoxy) is 4. The van der Waals surface area contributed by atoms with Crippen LogP contribution in [0.3, 0.4) is 0 Å². The van der Waals surface area contributed by atoms with Crippen LogP contribution in [0.2, 0.25) is 0 Å². The van der Waals surface area contributed by atoms with Crippen LogP contribution >= 0.6 is 0 Å². The van der Waals surface area contributed by atoms with Gasteiger partial charge in [0.2, 0.25) is 5.79 Å². The fourth-order valence-corrected chi connectivity index (χ4v) is 2.85. The van der Waals surface area contributed by atoms with Gasteiger partial charge in [0, 0.05) is 42.6 Å². The quantitative estimate of drug-likeness (QED) is 0.338. The molecule has 0 radical (unpaired) electrons. The Kier molecular flexibility index (Phi) is 12.9. The van der Waals surface area contributed by atoms with E-state index in [1.54, 1.807) is 34.6 Å². The Morgan fingerprint density at radius 2 is 1.51 bits per heavy atom. The molecule has 208 valence electrons. The van der Waals surface area contributed by atoms with E-state index in [-0.39, 0.29) is 28.8 Å². The first-order chi connectivity index (χ1) is 16.9. The Morgan fingerprint density at radius 1 is 0.973 bits per heavy atom. The number of esters is 3. The second kappa shape index (κ2) is 14.2. The van der Waals surface area contributed by atoms with Gasteiger partial charge in [-0.25, -0.2) is 14.4 Å². The van der Waals surface area contributed by atoms with Crippen molar-refractivity contribution in [3.05, 3.63) is 55.8 Å². The molecule has 1 aliphatic rings. The molecule has 0 atom stereocenters. The average Bonchev–Trinajstić information content (AvgIpc) is 2.80. The van der Waals surface area contributed by atoms with Crippen LogP contribution in [0.25, 0.3) is 0 Å². The van der Waals surface area contributed by atoms with Crippen LogP contribution in [0, 0.1) is 19.8 Å². The second-order valence-electron chi connectivity index (χ2n) is 9.53. The fraction of sp³-hybridized carbons (Fsp3) is 0.556. The third kappa shape index (κ3) is 10.1. The molecule has 3 N–H and O–H groups in total. The Balaban J connectivity index is 0.000000547. The minimum atomic E-state index is -0.805.